The minimum Gasteiger partial charge on any atom is -0.480 e. The van der Waals surface area contributed by atoms with Crippen LogP contribution in [0.3, 0.4) is 0 Å². The summed E-state index contributed by atoms with van der Waals surface area (Å²) in [6.45, 7) is 3.47. The highest BCUT2D eigenvalue weighted by Gasteiger charge is 2.12. The lowest BCUT2D eigenvalue weighted by molar-refractivity contribution is -0.135. The summed E-state index contributed by atoms with van der Waals surface area (Å²) in [5.41, 5.74) is 1.11. The Kier molecular flexibility index (Phi) is 5.31. The van der Waals surface area contributed by atoms with Gasteiger partial charge < -0.3 is 15.7 Å². The Morgan fingerprint density at radius 1 is 1.12 bits per heavy atom. The average molecular weight is 330 g/mol. The molecule has 126 valence electrons. The zero-order chi connectivity index (χ0) is 17.7. The molecular weight excluding hydrogens is 312 g/mol. The van der Waals surface area contributed by atoms with Gasteiger partial charge in [0.1, 0.15) is 6.54 Å². The smallest absolute Gasteiger partial charge is 0.322 e. The van der Waals surface area contributed by atoms with Gasteiger partial charge in [0.2, 0.25) is 0 Å². The van der Waals surface area contributed by atoms with Gasteiger partial charge in [-0.3, -0.25) is 19.1 Å². The number of aliphatic carboxylic acids is 1. The van der Waals surface area contributed by atoms with Gasteiger partial charge in [0.25, 0.3) is 11.8 Å². The van der Waals surface area contributed by atoms with Gasteiger partial charge in [-0.05, 0) is 44.2 Å². The van der Waals surface area contributed by atoms with Gasteiger partial charge in [0.15, 0.2) is 5.69 Å². The molecule has 0 aliphatic heterocycles. The molecule has 8 nitrogen and oxygen atoms in total. The molecule has 0 bridgehead atoms. The van der Waals surface area contributed by atoms with Crippen LogP contribution in [-0.2, 0) is 4.79 Å². The van der Waals surface area contributed by atoms with Crippen LogP contribution in [0.4, 0.5) is 5.69 Å². The van der Waals surface area contributed by atoms with Crippen LogP contribution in [0.15, 0.2) is 36.5 Å². The Bertz CT molecular complexity index is 750. The number of benzene rings is 1. The number of carbonyl (C=O) groups is 3. The number of hydrogen-bond acceptors (Lipinski definition) is 4. The predicted octanol–water partition coefficient (Wildman–Crippen LogP) is 1.53. The largest absolute Gasteiger partial charge is 0.480 e. The van der Waals surface area contributed by atoms with E-state index in [1.165, 1.54) is 12.1 Å². The molecule has 2 rings (SSSR count). The summed E-state index contributed by atoms with van der Waals surface area (Å²) in [5, 5.41) is 17.6. The van der Waals surface area contributed by atoms with Crippen LogP contribution in [0.5, 0.6) is 0 Å². The van der Waals surface area contributed by atoms with Crippen molar-refractivity contribution in [2.24, 2.45) is 0 Å². The first-order valence-corrected chi connectivity index (χ1v) is 7.33. The van der Waals surface area contributed by atoms with Gasteiger partial charge in [-0.1, -0.05) is 0 Å². The lowest BCUT2D eigenvalue weighted by Crippen LogP contribution is -2.29. The molecule has 0 fully saturated rings. The van der Waals surface area contributed by atoms with E-state index in [0.717, 1.165) is 0 Å². The Morgan fingerprint density at radius 2 is 1.79 bits per heavy atom. The van der Waals surface area contributed by atoms with Crippen molar-refractivity contribution in [2.45, 2.75) is 19.9 Å². The summed E-state index contributed by atoms with van der Waals surface area (Å²) in [6.07, 6.45) is 1.73. The lowest BCUT2D eigenvalue weighted by atomic mass is 10.2. The third kappa shape index (κ3) is 4.42. The minimum absolute atomic E-state index is 0.162. The van der Waals surface area contributed by atoms with E-state index >= 15 is 0 Å². The quantitative estimate of drug-likeness (QED) is 0.743. The second-order valence-corrected chi connectivity index (χ2v) is 5.38. The number of amides is 2. The summed E-state index contributed by atoms with van der Waals surface area (Å²) in [4.78, 5) is 34.2. The van der Waals surface area contributed by atoms with Gasteiger partial charge >= 0.3 is 5.97 Å². The Balaban J connectivity index is 1.99. The number of carboxylic acid groups (broad SMARTS) is 1. The zero-order valence-electron chi connectivity index (χ0n) is 13.3. The third-order valence-electron chi connectivity index (χ3n) is 3.18. The number of carboxylic acids is 1. The number of hydrogen-bond donors (Lipinski definition) is 3. The lowest BCUT2D eigenvalue weighted by Gasteiger charge is -2.06. The topological polar surface area (TPSA) is 113 Å². The van der Waals surface area contributed by atoms with E-state index in [0.29, 0.717) is 16.9 Å². The highest BCUT2D eigenvalue weighted by Crippen LogP contribution is 2.12. The van der Waals surface area contributed by atoms with Crippen molar-refractivity contribution in [3.05, 3.63) is 47.8 Å². The Hall–Kier alpha value is -3.16. The second-order valence-electron chi connectivity index (χ2n) is 5.38. The first kappa shape index (κ1) is 17.2. The van der Waals surface area contributed by atoms with Crippen LogP contribution >= 0.6 is 0 Å². The molecule has 0 saturated heterocycles. The first-order chi connectivity index (χ1) is 11.4. The van der Waals surface area contributed by atoms with Crippen molar-refractivity contribution < 1.29 is 19.5 Å². The number of rotatable bonds is 6. The van der Waals surface area contributed by atoms with E-state index in [2.05, 4.69) is 15.7 Å². The van der Waals surface area contributed by atoms with Gasteiger partial charge in [-0.25, -0.2) is 0 Å². The molecule has 1 aromatic carbocycles. The molecule has 0 aliphatic rings. The van der Waals surface area contributed by atoms with Crippen LogP contribution in [0, 0.1) is 0 Å². The molecule has 0 atom stereocenters. The van der Waals surface area contributed by atoms with Gasteiger partial charge in [0, 0.05) is 23.5 Å². The summed E-state index contributed by atoms with van der Waals surface area (Å²) in [6, 6.07) is 7.91. The molecule has 0 radical (unpaired) electrons. The fourth-order valence-corrected chi connectivity index (χ4v) is 1.90. The van der Waals surface area contributed by atoms with E-state index < -0.39 is 18.4 Å². The van der Waals surface area contributed by atoms with Gasteiger partial charge in [-0.2, -0.15) is 5.10 Å². The maximum atomic E-state index is 12.1. The van der Waals surface area contributed by atoms with E-state index in [1.807, 2.05) is 13.8 Å². The molecule has 24 heavy (non-hydrogen) atoms. The van der Waals surface area contributed by atoms with Crippen molar-refractivity contribution >= 4 is 23.5 Å². The second kappa shape index (κ2) is 7.40. The van der Waals surface area contributed by atoms with Crippen LogP contribution < -0.4 is 10.6 Å². The van der Waals surface area contributed by atoms with Crippen LogP contribution in [-0.4, -0.2) is 39.2 Å². The molecule has 1 heterocycles. The van der Waals surface area contributed by atoms with E-state index in [9.17, 15) is 14.4 Å². The average Bonchev–Trinajstić information content (AvgIpc) is 3.03. The standard InChI is InChI=1S/C16H18N4O4/c1-10(2)20-8-7-13(19-20)16(24)18-12-5-3-11(4-6-12)15(23)17-9-14(21)22/h3-8,10H,9H2,1-2H3,(H,17,23)(H,18,24)(H,21,22). The summed E-state index contributed by atoms with van der Waals surface area (Å²) >= 11 is 0. The Morgan fingerprint density at radius 3 is 2.33 bits per heavy atom. The summed E-state index contributed by atoms with van der Waals surface area (Å²) in [5.74, 6) is -1.96. The van der Waals surface area contributed by atoms with E-state index in [1.54, 1.807) is 29.1 Å². The molecule has 2 amide bonds. The van der Waals surface area contributed by atoms with Gasteiger partial charge in [-0.15, -0.1) is 0 Å². The SMILES string of the molecule is CC(C)n1ccc(C(=O)Nc2ccc(C(=O)NCC(=O)O)cc2)n1. The Labute approximate surface area is 138 Å². The minimum atomic E-state index is -1.12. The third-order valence-corrected chi connectivity index (χ3v) is 3.18. The maximum absolute atomic E-state index is 12.1. The van der Waals surface area contributed by atoms with Gasteiger partial charge in [0.05, 0.1) is 0 Å². The van der Waals surface area contributed by atoms with Crippen molar-refractivity contribution in [2.75, 3.05) is 11.9 Å². The molecular formula is C16H18N4O4. The zero-order valence-corrected chi connectivity index (χ0v) is 13.3. The molecule has 0 aliphatic carbocycles. The monoisotopic (exact) mass is 330 g/mol. The van der Waals surface area contributed by atoms with Crippen LogP contribution in [0.2, 0.25) is 0 Å². The number of anilines is 1. The number of aromatic nitrogens is 2. The van der Waals surface area contributed by atoms with E-state index in [-0.39, 0.29) is 11.9 Å². The molecule has 8 heteroatoms. The first-order valence-electron chi connectivity index (χ1n) is 7.33. The molecule has 0 unspecified atom stereocenters. The fourth-order valence-electron chi connectivity index (χ4n) is 1.90. The molecule has 0 saturated carbocycles. The fraction of sp³-hybridized carbons (Fsp3) is 0.250. The van der Waals surface area contributed by atoms with Crippen LogP contribution in [0.1, 0.15) is 40.7 Å². The number of nitrogens with zero attached hydrogens (tertiary/aromatic N) is 2. The normalized spacial score (nSPS) is 10.5. The molecule has 2 aromatic rings. The highest BCUT2D eigenvalue weighted by atomic mass is 16.4. The van der Waals surface area contributed by atoms with Crippen molar-refractivity contribution in [1.29, 1.82) is 0 Å². The van der Waals surface area contributed by atoms with Crippen molar-refractivity contribution in [3.63, 3.8) is 0 Å². The summed E-state index contributed by atoms with van der Waals surface area (Å²) < 4.78 is 1.69. The van der Waals surface area contributed by atoms with Crippen LogP contribution in [0.25, 0.3) is 0 Å². The van der Waals surface area contributed by atoms with Crippen molar-refractivity contribution in [1.82, 2.24) is 15.1 Å². The maximum Gasteiger partial charge on any atom is 0.322 e. The highest BCUT2D eigenvalue weighted by molar-refractivity contribution is 6.03. The molecule has 3 N–H and O–H groups in total. The molecule has 1 aromatic heterocycles. The number of nitrogens with one attached hydrogen (secondary N) is 2. The predicted molar refractivity (Wildman–Crippen MR) is 87.0 cm³/mol. The molecule has 0 spiro atoms. The van der Waals surface area contributed by atoms with Crippen molar-refractivity contribution in [3.8, 4) is 0 Å². The van der Waals surface area contributed by atoms with E-state index in [4.69, 9.17) is 5.11 Å². The summed E-state index contributed by atoms with van der Waals surface area (Å²) in [7, 11) is 0. The number of carbonyl (C=O) groups excluding carboxylic acids is 2.